The van der Waals surface area contributed by atoms with Gasteiger partial charge in [0, 0.05) is 18.7 Å². The Bertz CT molecular complexity index is 537. The first-order valence-corrected chi connectivity index (χ1v) is 8.27. The SMILES string of the molecule is CCN(CC)S(=O)(=O)c1ccc(C#CCBr)cc1. The minimum absolute atomic E-state index is 0.315. The number of halogens is 1. The van der Waals surface area contributed by atoms with Crippen molar-refractivity contribution in [3.8, 4) is 11.8 Å². The summed E-state index contributed by atoms with van der Waals surface area (Å²) in [6, 6.07) is 6.66. The molecule has 0 saturated carbocycles. The Labute approximate surface area is 117 Å². The minimum atomic E-state index is -3.36. The van der Waals surface area contributed by atoms with E-state index in [9.17, 15) is 8.42 Å². The molecule has 0 saturated heterocycles. The minimum Gasteiger partial charge on any atom is -0.207 e. The summed E-state index contributed by atoms with van der Waals surface area (Å²) >= 11 is 3.21. The van der Waals surface area contributed by atoms with Gasteiger partial charge in [0.05, 0.1) is 10.2 Å². The van der Waals surface area contributed by atoms with E-state index in [2.05, 4.69) is 27.8 Å². The third-order valence-electron chi connectivity index (χ3n) is 2.50. The molecule has 0 atom stereocenters. The second-order valence-corrected chi connectivity index (χ2v) is 6.05. The Morgan fingerprint density at radius 3 is 2.17 bits per heavy atom. The lowest BCUT2D eigenvalue weighted by atomic mass is 10.2. The van der Waals surface area contributed by atoms with Crippen LogP contribution in [0.3, 0.4) is 0 Å². The topological polar surface area (TPSA) is 37.4 Å². The van der Waals surface area contributed by atoms with Gasteiger partial charge in [0.15, 0.2) is 0 Å². The second kappa shape index (κ2) is 6.93. The molecule has 0 bridgehead atoms. The maximum absolute atomic E-state index is 12.2. The van der Waals surface area contributed by atoms with Crippen LogP contribution in [0.15, 0.2) is 29.2 Å². The van der Waals surface area contributed by atoms with Crippen LogP contribution in [-0.2, 0) is 10.0 Å². The molecule has 0 aliphatic carbocycles. The molecule has 1 aromatic carbocycles. The van der Waals surface area contributed by atoms with E-state index in [0.29, 0.717) is 23.3 Å². The summed E-state index contributed by atoms with van der Waals surface area (Å²) in [5, 5.41) is 0.604. The number of nitrogens with zero attached hydrogens (tertiary/aromatic N) is 1. The summed E-state index contributed by atoms with van der Waals surface area (Å²) in [6.45, 7) is 4.61. The monoisotopic (exact) mass is 329 g/mol. The lowest BCUT2D eigenvalue weighted by Gasteiger charge is -2.18. The highest BCUT2D eigenvalue weighted by atomic mass is 79.9. The van der Waals surface area contributed by atoms with Crippen molar-refractivity contribution in [1.82, 2.24) is 4.31 Å². The van der Waals surface area contributed by atoms with Crippen molar-refractivity contribution in [2.45, 2.75) is 18.7 Å². The smallest absolute Gasteiger partial charge is 0.207 e. The third-order valence-corrected chi connectivity index (χ3v) is 4.84. The summed E-state index contributed by atoms with van der Waals surface area (Å²) in [5.74, 6) is 5.80. The molecule has 0 heterocycles. The van der Waals surface area contributed by atoms with Gasteiger partial charge in [-0.05, 0) is 24.3 Å². The Kier molecular flexibility index (Phi) is 5.86. The van der Waals surface area contributed by atoms with E-state index in [1.54, 1.807) is 24.3 Å². The van der Waals surface area contributed by atoms with E-state index in [1.165, 1.54) is 4.31 Å². The molecular formula is C13H16BrNO2S. The highest BCUT2D eigenvalue weighted by molar-refractivity contribution is 9.09. The van der Waals surface area contributed by atoms with Gasteiger partial charge in [0.2, 0.25) is 10.0 Å². The van der Waals surface area contributed by atoms with E-state index in [4.69, 9.17) is 0 Å². The lowest BCUT2D eigenvalue weighted by molar-refractivity contribution is 0.445. The largest absolute Gasteiger partial charge is 0.243 e. The zero-order valence-electron chi connectivity index (χ0n) is 10.5. The fourth-order valence-electron chi connectivity index (χ4n) is 1.56. The normalized spacial score (nSPS) is 11.1. The third kappa shape index (κ3) is 3.58. The van der Waals surface area contributed by atoms with Crippen LogP contribution in [0, 0.1) is 11.8 Å². The number of alkyl halides is 1. The Morgan fingerprint density at radius 2 is 1.72 bits per heavy atom. The number of hydrogen-bond donors (Lipinski definition) is 0. The maximum Gasteiger partial charge on any atom is 0.243 e. The molecular weight excluding hydrogens is 314 g/mol. The molecule has 0 spiro atoms. The van der Waals surface area contributed by atoms with Crippen LogP contribution in [0.1, 0.15) is 19.4 Å². The van der Waals surface area contributed by atoms with Crippen LogP contribution < -0.4 is 0 Å². The average Bonchev–Trinajstić information content (AvgIpc) is 2.38. The zero-order chi connectivity index (χ0) is 13.6. The molecule has 5 heteroatoms. The van der Waals surface area contributed by atoms with Crippen LogP contribution in [0.4, 0.5) is 0 Å². The van der Waals surface area contributed by atoms with Crippen LogP contribution >= 0.6 is 15.9 Å². The molecule has 0 aromatic heterocycles. The van der Waals surface area contributed by atoms with Crippen molar-refractivity contribution in [3.63, 3.8) is 0 Å². The molecule has 98 valence electrons. The molecule has 3 nitrogen and oxygen atoms in total. The number of rotatable bonds is 4. The highest BCUT2D eigenvalue weighted by Gasteiger charge is 2.20. The van der Waals surface area contributed by atoms with Gasteiger partial charge in [-0.25, -0.2) is 8.42 Å². The van der Waals surface area contributed by atoms with Crippen LogP contribution in [-0.4, -0.2) is 31.1 Å². The maximum atomic E-state index is 12.2. The van der Waals surface area contributed by atoms with E-state index in [0.717, 1.165) is 5.56 Å². The molecule has 18 heavy (non-hydrogen) atoms. The molecule has 0 radical (unpaired) electrons. The van der Waals surface area contributed by atoms with Crippen LogP contribution in [0.5, 0.6) is 0 Å². The van der Waals surface area contributed by atoms with Gasteiger partial charge >= 0.3 is 0 Å². The molecule has 1 rings (SSSR count). The summed E-state index contributed by atoms with van der Waals surface area (Å²) in [4.78, 5) is 0.315. The van der Waals surface area contributed by atoms with E-state index < -0.39 is 10.0 Å². The summed E-state index contributed by atoms with van der Waals surface area (Å²) in [6.07, 6.45) is 0. The van der Waals surface area contributed by atoms with Gasteiger partial charge in [-0.1, -0.05) is 41.6 Å². The van der Waals surface area contributed by atoms with Gasteiger partial charge in [-0.2, -0.15) is 4.31 Å². The standard InChI is InChI=1S/C13H16BrNO2S/c1-3-15(4-2)18(16,17)13-9-7-12(8-10-13)6-5-11-14/h7-10H,3-4,11H2,1-2H3. The van der Waals surface area contributed by atoms with Gasteiger partial charge < -0.3 is 0 Å². The first-order valence-electron chi connectivity index (χ1n) is 5.71. The van der Waals surface area contributed by atoms with Crippen molar-refractivity contribution in [3.05, 3.63) is 29.8 Å². The quantitative estimate of drug-likeness (QED) is 0.628. The Balaban J connectivity index is 3.04. The van der Waals surface area contributed by atoms with Gasteiger partial charge in [-0.3, -0.25) is 0 Å². The summed E-state index contributed by atoms with van der Waals surface area (Å²) in [7, 11) is -3.36. The molecule has 0 amide bonds. The molecule has 0 N–H and O–H groups in total. The number of sulfonamides is 1. The Morgan fingerprint density at radius 1 is 1.17 bits per heavy atom. The molecule has 1 aromatic rings. The first kappa shape index (κ1) is 15.2. The number of hydrogen-bond acceptors (Lipinski definition) is 2. The Hall–Kier alpha value is -0.830. The fourth-order valence-corrected chi connectivity index (χ4v) is 3.16. The van der Waals surface area contributed by atoms with Gasteiger partial charge in [0.25, 0.3) is 0 Å². The van der Waals surface area contributed by atoms with E-state index >= 15 is 0 Å². The summed E-state index contributed by atoms with van der Waals surface area (Å²) < 4.78 is 25.8. The van der Waals surface area contributed by atoms with E-state index in [-0.39, 0.29) is 0 Å². The van der Waals surface area contributed by atoms with Crippen LogP contribution in [0.2, 0.25) is 0 Å². The highest BCUT2D eigenvalue weighted by Crippen LogP contribution is 2.15. The average molecular weight is 330 g/mol. The predicted molar refractivity (Wildman–Crippen MR) is 77.2 cm³/mol. The molecule has 0 fully saturated rings. The van der Waals surface area contributed by atoms with Crippen molar-refractivity contribution >= 4 is 26.0 Å². The van der Waals surface area contributed by atoms with E-state index in [1.807, 2.05) is 13.8 Å². The predicted octanol–water partition coefficient (Wildman–Crippen LogP) is 2.46. The molecule has 0 unspecified atom stereocenters. The number of benzene rings is 1. The second-order valence-electron chi connectivity index (χ2n) is 3.55. The van der Waals surface area contributed by atoms with Gasteiger partial charge in [0.1, 0.15) is 0 Å². The van der Waals surface area contributed by atoms with Crippen molar-refractivity contribution in [2.75, 3.05) is 18.4 Å². The first-order chi connectivity index (χ1) is 8.56. The van der Waals surface area contributed by atoms with Gasteiger partial charge in [-0.15, -0.1) is 0 Å². The summed E-state index contributed by atoms with van der Waals surface area (Å²) in [5.41, 5.74) is 0.813. The zero-order valence-corrected chi connectivity index (χ0v) is 12.9. The van der Waals surface area contributed by atoms with Crippen molar-refractivity contribution in [1.29, 1.82) is 0 Å². The fraction of sp³-hybridized carbons (Fsp3) is 0.385. The molecule has 0 aliphatic heterocycles. The van der Waals surface area contributed by atoms with Crippen molar-refractivity contribution < 1.29 is 8.42 Å². The lowest BCUT2D eigenvalue weighted by Crippen LogP contribution is -2.30. The van der Waals surface area contributed by atoms with Crippen LogP contribution in [0.25, 0.3) is 0 Å². The van der Waals surface area contributed by atoms with Crippen molar-refractivity contribution in [2.24, 2.45) is 0 Å². The molecule has 0 aliphatic rings.